The van der Waals surface area contributed by atoms with Crippen LogP contribution < -0.4 is 11.1 Å². The van der Waals surface area contributed by atoms with Crippen LogP contribution in [0.1, 0.15) is 40.0 Å². The summed E-state index contributed by atoms with van der Waals surface area (Å²) in [6, 6.07) is 4.60. The zero-order chi connectivity index (χ0) is 12.2. The lowest BCUT2D eigenvalue weighted by molar-refractivity contribution is 0.420. The largest absolute Gasteiger partial charge is 0.399 e. The van der Waals surface area contributed by atoms with Crippen LogP contribution in [0, 0.1) is 5.82 Å². The molecule has 0 aliphatic carbocycles. The highest BCUT2D eigenvalue weighted by molar-refractivity contribution is 5.55. The summed E-state index contributed by atoms with van der Waals surface area (Å²) in [7, 11) is 0. The van der Waals surface area contributed by atoms with E-state index in [0.29, 0.717) is 5.69 Å². The van der Waals surface area contributed by atoms with Gasteiger partial charge in [-0.15, -0.1) is 0 Å². The summed E-state index contributed by atoms with van der Waals surface area (Å²) in [5.41, 5.74) is 6.89. The van der Waals surface area contributed by atoms with E-state index in [1.165, 1.54) is 12.1 Å². The Morgan fingerprint density at radius 3 is 2.12 bits per heavy atom. The van der Waals surface area contributed by atoms with E-state index in [4.69, 9.17) is 5.73 Å². The number of nitrogens with one attached hydrogen (secondary N) is 1. The predicted molar refractivity (Wildman–Crippen MR) is 68.0 cm³/mol. The summed E-state index contributed by atoms with van der Waals surface area (Å²) >= 11 is 0. The van der Waals surface area contributed by atoms with Crippen LogP contribution in [0.3, 0.4) is 0 Å². The molecule has 0 amide bonds. The lowest BCUT2D eigenvalue weighted by Gasteiger charge is -2.33. The average molecular weight is 224 g/mol. The number of nitrogens with two attached hydrogens (primary N) is 1. The molecule has 1 aromatic carbocycles. The number of anilines is 2. The number of rotatable bonds is 5. The van der Waals surface area contributed by atoms with E-state index < -0.39 is 0 Å². The van der Waals surface area contributed by atoms with E-state index in [0.717, 1.165) is 24.9 Å². The third-order valence-corrected chi connectivity index (χ3v) is 3.36. The topological polar surface area (TPSA) is 38.0 Å². The number of halogens is 1. The minimum absolute atomic E-state index is 0.0419. The molecular formula is C13H21FN2. The van der Waals surface area contributed by atoms with Gasteiger partial charge < -0.3 is 11.1 Å². The van der Waals surface area contributed by atoms with Gasteiger partial charge in [0, 0.05) is 16.9 Å². The summed E-state index contributed by atoms with van der Waals surface area (Å²) in [6.07, 6.45) is 3.03. The molecule has 0 aliphatic heterocycles. The number of hydrogen-bond acceptors (Lipinski definition) is 2. The molecule has 0 spiro atoms. The molecule has 1 rings (SSSR count). The number of hydrogen-bond donors (Lipinski definition) is 2. The molecule has 2 nitrogen and oxygen atoms in total. The van der Waals surface area contributed by atoms with Crippen molar-refractivity contribution in [3.05, 3.63) is 24.0 Å². The molecule has 0 fully saturated rings. The van der Waals surface area contributed by atoms with Gasteiger partial charge in [0.15, 0.2) is 0 Å². The van der Waals surface area contributed by atoms with Crippen LogP contribution in [0.5, 0.6) is 0 Å². The fourth-order valence-electron chi connectivity index (χ4n) is 2.01. The van der Waals surface area contributed by atoms with Gasteiger partial charge in [0.2, 0.25) is 0 Å². The lowest BCUT2D eigenvalue weighted by atomic mass is 9.89. The molecule has 0 aromatic heterocycles. The summed E-state index contributed by atoms with van der Waals surface area (Å²) < 4.78 is 13.2. The van der Waals surface area contributed by atoms with E-state index in [9.17, 15) is 4.39 Å². The Morgan fingerprint density at radius 1 is 1.12 bits per heavy atom. The SMILES string of the molecule is CCC(CC)(CC)Nc1cc(N)cc(F)c1. The van der Waals surface area contributed by atoms with Crippen molar-refractivity contribution in [1.29, 1.82) is 0 Å². The van der Waals surface area contributed by atoms with E-state index in [1.54, 1.807) is 6.07 Å². The van der Waals surface area contributed by atoms with Crippen LogP contribution in [0.15, 0.2) is 18.2 Å². The summed E-state index contributed by atoms with van der Waals surface area (Å²) in [6.45, 7) is 6.42. The highest BCUT2D eigenvalue weighted by Crippen LogP contribution is 2.27. The molecule has 0 radical (unpaired) electrons. The second kappa shape index (κ2) is 5.19. The van der Waals surface area contributed by atoms with Crippen molar-refractivity contribution in [3.8, 4) is 0 Å². The Hall–Kier alpha value is -1.25. The first kappa shape index (κ1) is 12.8. The molecule has 0 atom stereocenters. The van der Waals surface area contributed by atoms with Gasteiger partial charge in [0.1, 0.15) is 5.82 Å². The molecule has 0 heterocycles. The Morgan fingerprint density at radius 2 is 1.69 bits per heavy atom. The van der Waals surface area contributed by atoms with Gasteiger partial charge in [0.25, 0.3) is 0 Å². The first-order chi connectivity index (χ1) is 7.55. The van der Waals surface area contributed by atoms with Crippen molar-refractivity contribution in [2.24, 2.45) is 0 Å². The van der Waals surface area contributed by atoms with Gasteiger partial charge in [-0.1, -0.05) is 20.8 Å². The van der Waals surface area contributed by atoms with Crippen LogP contribution in [-0.4, -0.2) is 5.54 Å². The molecule has 3 N–H and O–H groups in total. The van der Waals surface area contributed by atoms with Gasteiger partial charge in [-0.05, 0) is 37.5 Å². The molecule has 16 heavy (non-hydrogen) atoms. The monoisotopic (exact) mass is 224 g/mol. The number of benzene rings is 1. The normalized spacial score (nSPS) is 11.5. The van der Waals surface area contributed by atoms with Crippen LogP contribution >= 0.6 is 0 Å². The van der Waals surface area contributed by atoms with E-state index in [-0.39, 0.29) is 11.4 Å². The minimum Gasteiger partial charge on any atom is -0.399 e. The summed E-state index contributed by atoms with van der Waals surface area (Å²) in [4.78, 5) is 0. The van der Waals surface area contributed by atoms with Crippen molar-refractivity contribution in [2.45, 2.75) is 45.6 Å². The third kappa shape index (κ3) is 2.87. The first-order valence-corrected chi connectivity index (χ1v) is 5.89. The molecule has 1 aromatic rings. The van der Waals surface area contributed by atoms with Gasteiger partial charge in [-0.2, -0.15) is 0 Å². The van der Waals surface area contributed by atoms with Crippen LogP contribution in [0.4, 0.5) is 15.8 Å². The zero-order valence-corrected chi connectivity index (χ0v) is 10.3. The smallest absolute Gasteiger partial charge is 0.127 e. The average Bonchev–Trinajstić information content (AvgIpc) is 2.25. The van der Waals surface area contributed by atoms with Crippen LogP contribution in [-0.2, 0) is 0 Å². The van der Waals surface area contributed by atoms with Crippen molar-refractivity contribution in [1.82, 2.24) is 0 Å². The Bertz CT molecular complexity index is 317. The lowest BCUT2D eigenvalue weighted by Crippen LogP contribution is -2.36. The molecule has 0 saturated carbocycles. The van der Waals surface area contributed by atoms with E-state index >= 15 is 0 Å². The quantitative estimate of drug-likeness (QED) is 0.747. The van der Waals surface area contributed by atoms with Crippen molar-refractivity contribution >= 4 is 11.4 Å². The molecule has 0 saturated heterocycles. The molecular weight excluding hydrogens is 203 g/mol. The van der Waals surface area contributed by atoms with Gasteiger partial charge in [0.05, 0.1) is 0 Å². The maximum atomic E-state index is 13.2. The molecule has 0 unspecified atom stereocenters. The summed E-state index contributed by atoms with van der Waals surface area (Å²) in [5, 5.41) is 3.40. The molecule has 90 valence electrons. The van der Waals surface area contributed by atoms with Gasteiger partial charge in [-0.3, -0.25) is 0 Å². The van der Waals surface area contributed by atoms with Crippen molar-refractivity contribution < 1.29 is 4.39 Å². The minimum atomic E-state index is -0.292. The van der Waals surface area contributed by atoms with Crippen LogP contribution in [0.2, 0.25) is 0 Å². The maximum absolute atomic E-state index is 13.2. The Kier molecular flexibility index (Phi) is 4.16. The fourth-order valence-corrected chi connectivity index (χ4v) is 2.01. The fraction of sp³-hybridized carbons (Fsp3) is 0.538. The zero-order valence-electron chi connectivity index (χ0n) is 10.3. The van der Waals surface area contributed by atoms with Crippen molar-refractivity contribution in [2.75, 3.05) is 11.1 Å². The Labute approximate surface area is 97.0 Å². The molecule has 0 aliphatic rings. The highest BCUT2D eigenvalue weighted by atomic mass is 19.1. The standard InChI is InChI=1S/C13H21FN2/c1-4-13(5-2,6-3)16-12-8-10(14)7-11(15)9-12/h7-9,16H,4-6,15H2,1-3H3. The predicted octanol–water partition coefficient (Wildman–Crippen LogP) is 3.79. The molecule has 0 bridgehead atoms. The van der Waals surface area contributed by atoms with E-state index in [1.807, 2.05) is 0 Å². The second-order valence-electron chi connectivity index (χ2n) is 4.24. The first-order valence-electron chi connectivity index (χ1n) is 5.89. The maximum Gasteiger partial charge on any atom is 0.127 e. The summed E-state index contributed by atoms with van der Waals surface area (Å²) in [5.74, 6) is -0.292. The van der Waals surface area contributed by atoms with Gasteiger partial charge >= 0.3 is 0 Å². The highest BCUT2D eigenvalue weighted by Gasteiger charge is 2.23. The van der Waals surface area contributed by atoms with E-state index in [2.05, 4.69) is 26.1 Å². The van der Waals surface area contributed by atoms with Gasteiger partial charge in [-0.25, -0.2) is 4.39 Å². The Balaban J connectivity index is 2.93. The number of nitrogen functional groups attached to an aromatic ring is 1. The van der Waals surface area contributed by atoms with Crippen molar-refractivity contribution in [3.63, 3.8) is 0 Å². The van der Waals surface area contributed by atoms with Crippen LogP contribution in [0.25, 0.3) is 0 Å². The third-order valence-electron chi connectivity index (χ3n) is 3.36. The molecule has 3 heteroatoms. The second-order valence-corrected chi connectivity index (χ2v) is 4.24.